The number of amides is 1. The van der Waals surface area contributed by atoms with E-state index in [1.54, 1.807) is 17.0 Å². The number of anilines is 1. The lowest BCUT2D eigenvalue weighted by molar-refractivity contribution is -0.134. The third kappa shape index (κ3) is 2.86. The highest BCUT2D eigenvalue weighted by molar-refractivity contribution is 6.01. The number of halogens is 2. The number of carbonyl (C=O) groups excluding carboxylic acids is 1. The standard InChI is InChI=1S/C19H20F2N6O2/c1-10-14(21)15(29-3)24-18(23-10)27-8-13-16(28)26(2)17(22)25-19(13,9-27)11-4-6-12(20)7-5-11/h4-7,13H,8-9H2,1-3H3,(H2,22,25)/t13-,19+/m0/s1. The van der Waals surface area contributed by atoms with E-state index in [0.29, 0.717) is 5.56 Å². The summed E-state index contributed by atoms with van der Waals surface area (Å²) in [5.41, 5.74) is -0.169. The molecule has 2 saturated heterocycles. The Labute approximate surface area is 166 Å². The second-order valence-corrected chi connectivity index (χ2v) is 7.21. The van der Waals surface area contributed by atoms with Crippen LogP contribution in [0.3, 0.4) is 0 Å². The summed E-state index contributed by atoms with van der Waals surface area (Å²) in [7, 11) is 2.84. The fraction of sp³-hybridized carbons (Fsp3) is 0.368. The largest absolute Gasteiger partial charge is 0.479 e. The van der Waals surface area contributed by atoms with E-state index >= 15 is 0 Å². The monoisotopic (exact) mass is 402 g/mol. The number of aromatic nitrogens is 2. The molecule has 8 nitrogen and oxygen atoms in total. The van der Waals surface area contributed by atoms with Crippen LogP contribution in [0.5, 0.6) is 5.88 Å². The number of nitrogens with zero attached hydrogens (tertiary/aromatic N) is 4. The molecule has 0 saturated carbocycles. The quantitative estimate of drug-likeness (QED) is 0.806. The molecular weight excluding hydrogens is 382 g/mol. The molecule has 0 unspecified atom stereocenters. The Morgan fingerprint density at radius 1 is 1.28 bits per heavy atom. The average molecular weight is 402 g/mol. The van der Waals surface area contributed by atoms with E-state index in [1.807, 2.05) is 0 Å². The number of benzene rings is 1. The number of nitrogens with one attached hydrogen (secondary N) is 2. The molecule has 0 radical (unpaired) electrons. The van der Waals surface area contributed by atoms with E-state index < -0.39 is 23.1 Å². The van der Waals surface area contributed by atoms with Gasteiger partial charge in [-0.1, -0.05) is 12.1 Å². The van der Waals surface area contributed by atoms with Gasteiger partial charge < -0.3 is 15.0 Å². The van der Waals surface area contributed by atoms with Crippen molar-refractivity contribution in [3.8, 4) is 5.88 Å². The molecule has 1 aromatic heterocycles. The minimum atomic E-state index is -0.965. The van der Waals surface area contributed by atoms with Crippen LogP contribution in [0, 0.1) is 29.9 Å². The first-order valence-corrected chi connectivity index (χ1v) is 9.00. The predicted molar refractivity (Wildman–Crippen MR) is 101 cm³/mol. The summed E-state index contributed by atoms with van der Waals surface area (Å²) in [6, 6.07) is 5.84. The van der Waals surface area contributed by atoms with Crippen LogP contribution in [0.15, 0.2) is 24.3 Å². The summed E-state index contributed by atoms with van der Waals surface area (Å²) >= 11 is 0. The number of methoxy groups -OCH3 is 1. The van der Waals surface area contributed by atoms with Gasteiger partial charge in [-0.3, -0.25) is 15.1 Å². The molecule has 1 aromatic carbocycles. The van der Waals surface area contributed by atoms with Crippen LogP contribution in [-0.4, -0.2) is 54.0 Å². The predicted octanol–water partition coefficient (Wildman–Crippen LogP) is 1.40. The highest BCUT2D eigenvalue weighted by atomic mass is 19.1. The fourth-order valence-electron chi connectivity index (χ4n) is 3.97. The van der Waals surface area contributed by atoms with Crippen LogP contribution in [0.2, 0.25) is 0 Å². The lowest BCUT2D eigenvalue weighted by Crippen LogP contribution is -2.64. The number of guanidine groups is 1. The number of carbonyl (C=O) groups is 1. The van der Waals surface area contributed by atoms with E-state index in [0.717, 1.165) is 0 Å². The van der Waals surface area contributed by atoms with E-state index in [1.165, 1.54) is 38.1 Å². The maximum absolute atomic E-state index is 14.1. The van der Waals surface area contributed by atoms with Crippen molar-refractivity contribution in [1.29, 1.82) is 5.41 Å². The van der Waals surface area contributed by atoms with Crippen LogP contribution in [0.4, 0.5) is 14.7 Å². The highest BCUT2D eigenvalue weighted by Crippen LogP contribution is 2.42. The van der Waals surface area contributed by atoms with Crippen molar-refractivity contribution in [1.82, 2.24) is 20.2 Å². The molecule has 2 aliphatic rings. The lowest BCUT2D eigenvalue weighted by atomic mass is 9.78. The Kier molecular flexibility index (Phi) is 4.36. The molecule has 10 heteroatoms. The van der Waals surface area contributed by atoms with Gasteiger partial charge in [0.25, 0.3) is 5.88 Å². The SMILES string of the molecule is COc1nc(N2C[C@H]3C(=O)N(C)C(=N)N[C@@]3(c3ccc(F)cc3)C2)nc(C)c1F. The molecular formula is C19H20F2N6O2. The molecule has 0 spiro atoms. The minimum Gasteiger partial charge on any atom is -0.479 e. The number of fused-ring (bicyclic) bond motifs is 1. The Morgan fingerprint density at radius 2 is 1.97 bits per heavy atom. The molecule has 0 bridgehead atoms. The van der Waals surface area contributed by atoms with Gasteiger partial charge in [0.15, 0.2) is 5.96 Å². The third-order valence-electron chi connectivity index (χ3n) is 5.55. The number of rotatable bonds is 3. The maximum Gasteiger partial charge on any atom is 0.255 e. The van der Waals surface area contributed by atoms with Gasteiger partial charge in [0.05, 0.1) is 24.3 Å². The molecule has 2 atom stereocenters. The first-order valence-electron chi connectivity index (χ1n) is 9.00. The van der Waals surface area contributed by atoms with Crippen molar-refractivity contribution in [2.45, 2.75) is 12.5 Å². The Morgan fingerprint density at radius 3 is 2.62 bits per heavy atom. The second-order valence-electron chi connectivity index (χ2n) is 7.21. The van der Waals surface area contributed by atoms with Gasteiger partial charge in [0.2, 0.25) is 17.7 Å². The van der Waals surface area contributed by atoms with E-state index in [4.69, 9.17) is 10.1 Å². The molecule has 152 valence electrons. The van der Waals surface area contributed by atoms with Crippen molar-refractivity contribution < 1.29 is 18.3 Å². The summed E-state index contributed by atoms with van der Waals surface area (Å²) < 4.78 is 32.6. The van der Waals surface area contributed by atoms with Gasteiger partial charge in [0.1, 0.15) is 5.82 Å². The van der Waals surface area contributed by atoms with Crippen LogP contribution >= 0.6 is 0 Å². The number of aryl methyl sites for hydroxylation is 1. The topological polar surface area (TPSA) is 94.4 Å². The Balaban J connectivity index is 1.81. The summed E-state index contributed by atoms with van der Waals surface area (Å²) in [5, 5.41) is 11.3. The van der Waals surface area contributed by atoms with Crippen molar-refractivity contribution in [2.24, 2.45) is 5.92 Å². The van der Waals surface area contributed by atoms with E-state index in [-0.39, 0.29) is 42.5 Å². The molecule has 3 heterocycles. The van der Waals surface area contributed by atoms with Crippen molar-refractivity contribution in [3.63, 3.8) is 0 Å². The van der Waals surface area contributed by atoms with Crippen LogP contribution in [0.1, 0.15) is 11.3 Å². The van der Waals surface area contributed by atoms with Gasteiger partial charge in [-0.2, -0.15) is 9.37 Å². The van der Waals surface area contributed by atoms with Crippen molar-refractivity contribution in [2.75, 3.05) is 32.1 Å². The van der Waals surface area contributed by atoms with Crippen LogP contribution in [-0.2, 0) is 10.3 Å². The zero-order valence-electron chi connectivity index (χ0n) is 16.2. The van der Waals surface area contributed by atoms with E-state index in [9.17, 15) is 13.6 Å². The van der Waals surface area contributed by atoms with Crippen LogP contribution in [0.25, 0.3) is 0 Å². The normalized spacial score (nSPS) is 23.8. The molecule has 29 heavy (non-hydrogen) atoms. The average Bonchev–Trinajstić information content (AvgIpc) is 3.09. The Bertz CT molecular complexity index is 999. The Hall–Kier alpha value is -3.30. The van der Waals surface area contributed by atoms with Gasteiger partial charge in [-0.05, 0) is 24.6 Å². The number of hydrogen-bond donors (Lipinski definition) is 2. The third-order valence-corrected chi connectivity index (χ3v) is 5.55. The second kappa shape index (κ2) is 6.64. The highest BCUT2D eigenvalue weighted by Gasteiger charge is 2.56. The zero-order chi connectivity index (χ0) is 20.9. The summed E-state index contributed by atoms with van der Waals surface area (Å²) in [4.78, 5) is 24.4. The van der Waals surface area contributed by atoms with Gasteiger partial charge in [-0.15, -0.1) is 0 Å². The first kappa shape index (κ1) is 19.0. The fourth-order valence-corrected chi connectivity index (χ4v) is 3.97. The smallest absolute Gasteiger partial charge is 0.255 e. The molecule has 4 rings (SSSR count). The molecule has 2 aromatic rings. The molecule has 1 amide bonds. The number of ether oxygens (including phenoxy) is 1. The summed E-state index contributed by atoms with van der Waals surface area (Å²) in [6.07, 6.45) is 0. The molecule has 0 aliphatic carbocycles. The van der Waals surface area contributed by atoms with Crippen LogP contribution < -0.4 is 15.0 Å². The maximum atomic E-state index is 14.1. The minimum absolute atomic E-state index is 0.0498. The van der Waals surface area contributed by atoms with Gasteiger partial charge in [-0.25, -0.2) is 9.37 Å². The van der Waals surface area contributed by atoms with E-state index in [2.05, 4.69) is 15.3 Å². The van der Waals surface area contributed by atoms with Gasteiger partial charge in [0, 0.05) is 20.1 Å². The summed E-state index contributed by atoms with van der Waals surface area (Å²) in [5.74, 6) is -1.86. The molecule has 2 N–H and O–H groups in total. The van der Waals surface area contributed by atoms with Gasteiger partial charge >= 0.3 is 0 Å². The van der Waals surface area contributed by atoms with Crippen molar-refractivity contribution in [3.05, 3.63) is 47.2 Å². The zero-order valence-corrected chi connectivity index (χ0v) is 16.2. The number of hydrogen-bond acceptors (Lipinski definition) is 6. The molecule has 2 fully saturated rings. The lowest BCUT2D eigenvalue weighted by Gasteiger charge is -2.43. The first-order chi connectivity index (χ1) is 13.8. The molecule has 2 aliphatic heterocycles. The van der Waals surface area contributed by atoms with Crippen molar-refractivity contribution >= 4 is 17.8 Å². The summed E-state index contributed by atoms with van der Waals surface area (Å²) in [6.45, 7) is 1.99.